The van der Waals surface area contributed by atoms with Crippen LogP contribution in [0.5, 0.6) is 0 Å². The summed E-state index contributed by atoms with van der Waals surface area (Å²) in [6, 6.07) is 6.35. The van der Waals surface area contributed by atoms with Crippen LogP contribution >= 0.6 is 0 Å². The van der Waals surface area contributed by atoms with Crippen molar-refractivity contribution in [1.82, 2.24) is 4.90 Å². The van der Waals surface area contributed by atoms with Crippen LogP contribution in [0.2, 0.25) is 0 Å². The van der Waals surface area contributed by atoms with Crippen LogP contribution in [0.15, 0.2) is 41.1 Å². The maximum absolute atomic E-state index is 12.3. The van der Waals surface area contributed by atoms with Crippen LogP contribution in [0.3, 0.4) is 0 Å². The zero-order valence-electron chi connectivity index (χ0n) is 12.3. The molecule has 1 aromatic carbocycles. The number of carbonyl (C=O) groups excluding carboxylic acids is 1. The van der Waals surface area contributed by atoms with Crippen molar-refractivity contribution in [3.05, 3.63) is 41.8 Å². The molecule has 1 fully saturated rings. The summed E-state index contributed by atoms with van der Waals surface area (Å²) < 4.78 is 29.8. The average molecular weight is 323 g/mol. The first-order chi connectivity index (χ1) is 10.3. The molecule has 118 valence electrons. The normalized spacial score (nSPS) is 25.3. The number of aliphatic hydroxyl groups excluding tert-OH is 1. The van der Waals surface area contributed by atoms with E-state index in [0.29, 0.717) is 12.0 Å². The van der Waals surface area contributed by atoms with Crippen molar-refractivity contribution in [2.75, 3.05) is 0 Å². The Labute approximate surface area is 129 Å². The van der Waals surface area contributed by atoms with E-state index in [2.05, 4.69) is 0 Å². The Hall–Kier alpha value is -1.86. The minimum atomic E-state index is -3.92. The lowest BCUT2D eigenvalue weighted by Crippen LogP contribution is -2.59. The predicted octanol–water partition coefficient (Wildman–Crippen LogP) is 1.15. The Kier molecular flexibility index (Phi) is 3.49. The first-order valence-electron chi connectivity index (χ1n) is 7.02. The van der Waals surface area contributed by atoms with Gasteiger partial charge in [-0.3, -0.25) is 4.79 Å². The zero-order chi connectivity index (χ0) is 16.1. The van der Waals surface area contributed by atoms with Crippen molar-refractivity contribution in [2.24, 2.45) is 5.92 Å². The highest BCUT2D eigenvalue weighted by molar-refractivity contribution is 7.87. The molecule has 1 aromatic rings. The van der Waals surface area contributed by atoms with E-state index in [1.807, 2.05) is 0 Å². The summed E-state index contributed by atoms with van der Waals surface area (Å²) in [6.07, 6.45) is 0.961. The number of fused-ring (bicyclic) bond motifs is 1. The smallest absolute Gasteiger partial charge is 0.339 e. The van der Waals surface area contributed by atoms with Gasteiger partial charge >= 0.3 is 10.1 Å². The van der Waals surface area contributed by atoms with Gasteiger partial charge in [0.1, 0.15) is 10.7 Å². The number of aliphatic hydroxyl groups is 1. The van der Waals surface area contributed by atoms with Gasteiger partial charge in [0.05, 0.1) is 18.1 Å². The van der Waals surface area contributed by atoms with Gasteiger partial charge in [0.2, 0.25) is 5.91 Å². The van der Waals surface area contributed by atoms with E-state index in [1.165, 1.54) is 17.2 Å². The molecule has 2 aliphatic rings. The lowest BCUT2D eigenvalue weighted by Gasteiger charge is -2.42. The predicted molar refractivity (Wildman–Crippen MR) is 78.0 cm³/mol. The fraction of sp³-hybridized carbons (Fsp3) is 0.400. The van der Waals surface area contributed by atoms with E-state index < -0.39 is 22.1 Å². The molecule has 0 spiro atoms. The molecular formula is C15H17NO5S. The molecule has 0 bridgehead atoms. The molecule has 2 aliphatic heterocycles. The Bertz CT molecular complexity index is 753. The number of carbonyl (C=O) groups is 1. The van der Waals surface area contributed by atoms with Gasteiger partial charge in [0, 0.05) is 12.6 Å². The molecule has 0 saturated carbocycles. The van der Waals surface area contributed by atoms with Crippen LogP contribution in [0.1, 0.15) is 18.9 Å². The second kappa shape index (κ2) is 5.10. The van der Waals surface area contributed by atoms with Gasteiger partial charge in [-0.15, -0.1) is 0 Å². The van der Waals surface area contributed by atoms with Crippen LogP contribution in [-0.4, -0.2) is 36.5 Å². The number of rotatable bonds is 4. The highest BCUT2D eigenvalue weighted by Gasteiger charge is 2.52. The van der Waals surface area contributed by atoms with Crippen molar-refractivity contribution in [2.45, 2.75) is 37.3 Å². The number of β-lactam (4-membered cyclic amide) rings is 1. The van der Waals surface area contributed by atoms with Crippen molar-refractivity contribution < 1.29 is 22.5 Å². The van der Waals surface area contributed by atoms with Gasteiger partial charge in [-0.05, 0) is 25.5 Å². The van der Waals surface area contributed by atoms with Crippen LogP contribution in [0, 0.1) is 12.8 Å². The molecule has 3 rings (SSSR count). The molecule has 0 aromatic heterocycles. The third-order valence-corrected chi connectivity index (χ3v) is 5.53. The molecule has 22 heavy (non-hydrogen) atoms. The van der Waals surface area contributed by atoms with E-state index in [-0.39, 0.29) is 22.6 Å². The molecule has 3 unspecified atom stereocenters. The molecule has 0 aliphatic carbocycles. The van der Waals surface area contributed by atoms with Gasteiger partial charge < -0.3 is 14.2 Å². The molecule has 7 heteroatoms. The Morgan fingerprint density at radius 3 is 2.68 bits per heavy atom. The Morgan fingerprint density at radius 2 is 2.05 bits per heavy atom. The number of benzene rings is 1. The van der Waals surface area contributed by atoms with Crippen LogP contribution in [0.25, 0.3) is 0 Å². The SMILES string of the molecule is Cc1ccccc1S(=O)(=O)OC1=CN2C(=O)C(C(C)O)C2C1. The van der Waals surface area contributed by atoms with Crippen molar-refractivity contribution >= 4 is 16.0 Å². The second-order valence-electron chi connectivity index (χ2n) is 5.68. The van der Waals surface area contributed by atoms with Gasteiger partial charge in [-0.1, -0.05) is 18.2 Å². The number of nitrogens with zero attached hydrogens (tertiary/aromatic N) is 1. The summed E-state index contributed by atoms with van der Waals surface area (Å²) in [7, 11) is -3.92. The number of hydrogen-bond donors (Lipinski definition) is 1. The highest BCUT2D eigenvalue weighted by atomic mass is 32.2. The maximum Gasteiger partial charge on any atom is 0.339 e. The molecule has 0 radical (unpaired) electrons. The maximum atomic E-state index is 12.3. The van der Waals surface area contributed by atoms with Gasteiger partial charge in [0.25, 0.3) is 0 Å². The van der Waals surface area contributed by atoms with Crippen LogP contribution in [0.4, 0.5) is 0 Å². The molecular weight excluding hydrogens is 306 g/mol. The van der Waals surface area contributed by atoms with E-state index in [0.717, 1.165) is 0 Å². The number of amides is 1. The highest BCUT2D eigenvalue weighted by Crippen LogP contribution is 2.40. The van der Waals surface area contributed by atoms with Crippen molar-refractivity contribution in [3.63, 3.8) is 0 Å². The van der Waals surface area contributed by atoms with Crippen LogP contribution < -0.4 is 0 Å². The zero-order valence-corrected chi connectivity index (χ0v) is 13.1. The van der Waals surface area contributed by atoms with Gasteiger partial charge in [-0.2, -0.15) is 8.42 Å². The van der Waals surface area contributed by atoms with Crippen LogP contribution in [-0.2, 0) is 19.1 Å². The second-order valence-corrected chi connectivity index (χ2v) is 7.20. The Balaban J connectivity index is 1.79. The number of hydrogen-bond acceptors (Lipinski definition) is 5. The van der Waals surface area contributed by atoms with E-state index >= 15 is 0 Å². The van der Waals surface area contributed by atoms with Crippen molar-refractivity contribution in [3.8, 4) is 0 Å². The third-order valence-electron chi connectivity index (χ3n) is 4.10. The summed E-state index contributed by atoms with van der Waals surface area (Å²) >= 11 is 0. The summed E-state index contributed by atoms with van der Waals surface area (Å²) in [4.78, 5) is 13.4. The topological polar surface area (TPSA) is 83.9 Å². The quantitative estimate of drug-likeness (QED) is 0.664. The lowest BCUT2D eigenvalue weighted by atomic mass is 9.84. The van der Waals surface area contributed by atoms with Crippen molar-refractivity contribution in [1.29, 1.82) is 0 Å². The summed E-state index contributed by atoms with van der Waals surface area (Å²) in [5, 5.41) is 9.59. The molecule has 1 saturated heterocycles. The average Bonchev–Trinajstić information content (AvgIpc) is 2.76. The molecule has 1 N–H and O–H groups in total. The summed E-state index contributed by atoms with van der Waals surface area (Å²) in [6.45, 7) is 3.25. The minimum absolute atomic E-state index is 0.114. The number of aryl methyl sites for hydroxylation is 1. The standard InChI is InChI=1S/C15H17NO5S/c1-9-5-3-4-6-13(9)22(19,20)21-11-7-12-14(10(2)17)15(18)16(12)8-11/h3-6,8,10,12,14,17H,7H2,1-2H3. The van der Waals surface area contributed by atoms with Gasteiger partial charge in [0.15, 0.2) is 0 Å². The largest absolute Gasteiger partial charge is 0.393 e. The summed E-state index contributed by atoms with van der Waals surface area (Å²) in [5.41, 5.74) is 0.599. The minimum Gasteiger partial charge on any atom is -0.393 e. The van der Waals surface area contributed by atoms with E-state index in [1.54, 1.807) is 32.0 Å². The van der Waals surface area contributed by atoms with E-state index in [4.69, 9.17) is 4.18 Å². The summed E-state index contributed by atoms with van der Waals surface area (Å²) in [5.74, 6) is -0.463. The Morgan fingerprint density at radius 1 is 1.36 bits per heavy atom. The monoisotopic (exact) mass is 323 g/mol. The molecule has 1 amide bonds. The van der Waals surface area contributed by atoms with Gasteiger partial charge in [-0.25, -0.2) is 0 Å². The van der Waals surface area contributed by atoms with E-state index in [9.17, 15) is 18.3 Å². The fourth-order valence-corrected chi connectivity index (χ4v) is 4.19. The first-order valence-corrected chi connectivity index (χ1v) is 8.43. The molecule has 3 atom stereocenters. The third kappa shape index (κ3) is 2.30. The fourth-order valence-electron chi connectivity index (χ4n) is 3.00. The molecule has 6 nitrogen and oxygen atoms in total. The molecule has 2 heterocycles. The first kappa shape index (κ1) is 15.1. The lowest BCUT2D eigenvalue weighted by molar-refractivity contribution is -0.156.